The molecule has 1 rings (SSSR count). The van der Waals surface area contributed by atoms with Gasteiger partial charge in [-0.05, 0) is 0 Å². The van der Waals surface area contributed by atoms with Crippen LogP contribution in [0.4, 0.5) is 0 Å². The lowest BCUT2D eigenvalue weighted by atomic mass is 9.99. The summed E-state index contributed by atoms with van der Waals surface area (Å²) in [4.78, 5) is 4.11. The van der Waals surface area contributed by atoms with E-state index in [1.807, 2.05) is 6.21 Å². The number of aliphatic imine (C=N–C) groups is 1. The first-order valence-electron chi connectivity index (χ1n) is 3.00. The molecule has 1 N–H and O–H groups in total. The van der Waals surface area contributed by atoms with Crippen molar-refractivity contribution in [1.29, 1.82) is 4.78 Å². The summed E-state index contributed by atoms with van der Waals surface area (Å²) in [6.45, 7) is 4.26. The lowest BCUT2D eigenvalue weighted by Crippen LogP contribution is -2.26. The highest BCUT2D eigenvalue weighted by atomic mass is 32.2. The average Bonchev–Trinajstić information content (AvgIpc) is 1.60. The Kier molecular flexibility index (Phi) is 1.70. The van der Waals surface area contributed by atoms with Gasteiger partial charge in [0.1, 0.15) is 0 Å². The minimum absolute atomic E-state index is 0.184. The highest BCUT2D eigenvalue weighted by Gasteiger charge is 2.19. The van der Waals surface area contributed by atoms with Gasteiger partial charge in [0.25, 0.3) is 0 Å². The van der Waals surface area contributed by atoms with Crippen LogP contribution in [0.5, 0.6) is 0 Å². The Morgan fingerprint density at radius 1 is 1.67 bits per heavy atom. The van der Waals surface area contributed by atoms with Crippen molar-refractivity contribution in [2.75, 3.05) is 11.6 Å². The van der Waals surface area contributed by atoms with E-state index in [2.05, 4.69) is 18.8 Å². The monoisotopic (exact) mass is 144 g/mol. The minimum atomic E-state index is -0.208. The molecule has 52 valence electrons. The standard InChI is InChI=1S/C6H12N2S/c1-6(2)3-8-5-9(7)4-6/h3,7H,4-5H2,1-2H3. The smallest absolute Gasteiger partial charge is 0.0943 e. The van der Waals surface area contributed by atoms with Crippen LogP contribution in [0, 0.1) is 10.2 Å². The van der Waals surface area contributed by atoms with Crippen molar-refractivity contribution in [2.45, 2.75) is 13.8 Å². The molecule has 0 saturated heterocycles. The number of hydrogen-bond acceptors (Lipinski definition) is 2. The summed E-state index contributed by atoms with van der Waals surface area (Å²) >= 11 is 0. The molecule has 0 bridgehead atoms. The van der Waals surface area contributed by atoms with Gasteiger partial charge in [-0.15, -0.1) is 0 Å². The molecule has 0 aromatic rings. The number of rotatable bonds is 0. The Morgan fingerprint density at radius 3 is 2.67 bits per heavy atom. The fourth-order valence-corrected chi connectivity index (χ4v) is 2.22. The molecule has 0 aromatic heterocycles. The highest BCUT2D eigenvalue weighted by Crippen LogP contribution is 2.17. The second kappa shape index (κ2) is 2.21. The Bertz CT molecular complexity index is 160. The van der Waals surface area contributed by atoms with Crippen molar-refractivity contribution in [2.24, 2.45) is 10.4 Å². The van der Waals surface area contributed by atoms with Gasteiger partial charge in [-0.3, -0.25) is 9.77 Å². The minimum Gasteiger partial charge on any atom is -0.285 e. The molecule has 1 aliphatic rings. The Morgan fingerprint density at radius 2 is 2.33 bits per heavy atom. The Balaban J connectivity index is 2.71. The van der Waals surface area contributed by atoms with Crippen LogP contribution >= 0.6 is 0 Å². The van der Waals surface area contributed by atoms with Crippen LogP contribution < -0.4 is 0 Å². The third-order valence-corrected chi connectivity index (χ3v) is 2.77. The fraction of sp³-hybridized carbons (Fsp3) is 0.833. The van der Waals surface area contributed by atoms with Gasteiger partial charge in [0.2, 0.25) is 0 Å². The maximum Gasteiger partial charge on any atom is 0.0943 e. The van der Waals surface area contributed by atoms with E-state index in [1.54, 1.807) is 0 Å². The zero-order valence-electron chi connectivity index (χ0n) is 5.85. The third kappa shape index (κ3) is 1.90. The van der Waals surface area contributed by atoms with Crippen LogP contribution in [0.15, 0.2) is 4.99 Å². The van der Waals surface area contributed by atoms with Gasteiger partial charge in [-0.2, -0.15) is 0 Å². The molecular formula is C6H12N2S. The van der Waals surface area contributed by atoms with Crippen molar-refractivity contribution in [3.8, 4) is 0 Å². The molecule has 0 amide bonds. The van der Waals surface area contributed by atoms with E-state index in [1.165, 1.54) is 0 Å². The van der Waals surface area contributed by atoms with Crippen molar-refractivity contribution in [3.63, 3.8) is 0 Å². The van der Waals surface area contributed by atoms with Gasteiger partial charge < -0.3 is 0 Å². The summed E-state index contributed by atoms with van der Waals surface area (Å²) in [6.07, 6.45) is 1.98. The van der Waals surface area contributed by atoms with E-state index < -0.39 is 0 Å². The van der Waals surface area contributed by atoms with Gasteiger partial charge in [0, 0.05) is 17.4 Å². The van der Waals surface area contributed by atoms with Crippen LogP contribution in [0.3, 0.4) is 0 Å². The summed E-state index contributed by atoms with van der Waals surface area (Å²) in [5.41, 5.74) is 0.184. The topological polar surface area (TPSA) is 36.2 Å². The van der Waals surface area contributed by atoms with Crippen LogP contribution in [-0.4, -0.2) is 17.8 Å². The second-order valence-corrected chi connectivity index (χ2v) is 4.60. The summed E-state index contributed by atoms with van der Waals surface area (Å²) in [6, 6.07) is 0. The SMILES string of the molecule is CC1(C)C=NCS(=N)C1. The summed E-state index contributed by atoms with van der Waals surface area (Å²) in [7, 11) is -0.208. The van der Waals surface area contributed by atoms with Gasteiger partial charge in [0.05, 0.1) is 5.88 Å². The first kappa shape index (κ1) is 6.93. The quantitative estimate of drug-likeness (QED) is 0.534. The normalized spacial score (nSPS) is 32.4. The maximum atomic E-state index is 7.44. The van der Waals surface area contributed by atoms with E-state index >= 15 is 0 Å². The predicted octanol–water partition coefficient (Wildman–Crippen LogP) is 1.44. The molecule has 0 fully saturated rings. The lowest BCUT2D eigenvalue weighted by molar-refractivity contribution is 0.610. The third-order valence-electron chi connectivity index (χ3n) is 1.22. The zero-order valence-corrected chi connectivity index (χ0v) is 6.66. The van der Waals surface area contributed by atoms with Crippen LogP contribution in [0.1, 0.15) is 13.8 Å². The van der Waals surface area contributed by atoms with E-state index in [0.29, 0.717) is 0 Å². The molecule has 1 heterocycles. The lowest BCUT2D eigenvalue weighted by Gasteiger charge is -2.23. The molecule has 2 nitrogen and oxygen atoms in total. The molecule has 0 radical (unpaired) electrons. The average molecular weight is 144 g/mol. The molecule has 1 atom stereocenters. The molecule has 0 saturated carbocycles. The van der Waals surface area contributed by atoms with Crippen molar-refractivity contribution < 1.29 is 0 Å². The van der Waals surface area contributed by atoms with E-state index in [-0.39, 0.29) is 16.1 Å². The number of hydrogen-bond donors (Lipinski definition) is 1. The molecule has 0 spiro atoms. The first-order chi connectivity index (χ1) is 4.10. The van der Waals surface area contributed by atoms with E-state index in [0.717, 1.165) is 11.6 Å². The first-order valence-corrected chi connectivity index (χ1v) is 4.56. The zero-order chi connectivity index (χ0) is 6.91. The maximum absolute atomic E-state index is 7.44. The van der Waals surface area contributed by atoms with Gasteiger partial charge in [0.15, 0.2) is 0 Å². The van der Waals surface area contributed by atoms with Crippen molar-refractivity contribution in [3.05, 3.63) is 0 Å². The summed E-state index contributed by atoms with van der Waals surface area (Å²) < 4.78 is 7.44. The summed E-state index contributed by atoms with van der Waals surface area (Å²) in [5, 5.41) is 0. The van der Waals surface area contributed by atoms with Crippen molar-refractivity contribution in [1.82, 2.24) is 0 Å². The summed E-state index contributed by atoms with van der Waals surface area (Å²) in [5.74, 6) is 1.71. The number of nitrogens with one attached hydrogen (secondary N) is 1. The van der Waals surface area contributed by atoms with Gasteiger partial charge >= 0.3 is 0 Å². The fourth-order valence-electron chi connectivity index (χ4n) is 0.906. The van der Waals surface area contributed by atoms with E-state index in [9.17, 15) is 0 Å². The largest absolute Gasteiger partial charge is 0.285 e. The van der Waals surface area contributed by atoms with E-state index in [4.69, 9.17) is 4.78 Å². The molecule has 9 heavy (non-hydrogen) atoms. The van der Waals surface area contributed by atoms with Crippen molar-refractivity contribution >= 4 is 16.9 Å². The van der Waals surface area contributed by atoms with Gasteiger partial charge in [-0.1, -0.05) is 24.5 Å². The molecular weight excluding hydrogens is 132 g/mol. The van der Waals surface area contributed by atoms with Gasteiger partial charge in [-0.25, -0.2) is 0 Å². The molecule has 3 heteroatoms. The van der Waals surface area contributed by atoms with Crippen LogP contribution in [-0.2, 0) is 10.7 Å². The number of nitrogens with zero attached hydrogens (tertiary/aromatic N) is 1. The molecule has 1 unspecified atom stereocenters. The molecule has 0 aromatic carbocycles. The highest BCUT2D eigenvalue weighted by molar-refractivity contribution is 7.86. The molecule has 0 aliphatic carbocycles. The van der Waals surface area contributed by atoms with Crippen LogP contribution in [0.25, 0.3) is 0 Å². The predicted molar refractivity (Wildman–Crippen MR) is 42.1 cm³/mol. The Hall–Kier alpha value is -0.180. The van der Waals surface area contributed by atoms with Crippen LogP contribution in [0.2, 0.25) is 0 Å². The molecule has 1 aliphatic heterocycles. The second-order valence-electron chi connectivity index (χ2n) is 3.07. The Labute approximate surface area is 58.3 Å².